The first-order chi connectivity index (χ1) is 10.9. The molecule has 2 unspecified atom stereocenters. The van der Waals surface area contributed by atoms with Crippen molar-refractivity contribution < 1.29 is 10.2 Å². The van der Waals surface area contributed by atoms with E-state index in [9.17, 15) is 10.2 Å². The average molecular weight is 319 g/mol. The predicted octanol–water partition coefficient (Wildman–Crippen LogP) is 4.62. The van der Waals surface area contributed by atoms with E-state index in [2.05, 4.69) is 32.9 Å². The number of aliphatic hydroxyl groups is 2. The molecule has 0 spiro atoms. The molecule has 0 aromatic carbocycles. The summed E-state index contributed by atoms with van der Waals surface area (Å²) in [6, 6.07) is 0. The molecule has 2 nitrogen and oxygen atoms in total. The van der Waals surface area contributed by atoms with Gasteiger partial charge in [-0.15, -0.1) is 0 Å². The SMILES string of the molecule is CC(C)[C@H]1CC[C@H]2C(=CC=C3CC(O)CC(O)C3)CCC[C@]12C. The Hall–Kier alpha value is -0.600. The van der Waals surface area contributed by atoms with Gasteiger partial charge in [0.15, 0.2) is 0 Å². The second-order valence-corrected chi connectivity index (χ2v) is 8.86. The standard InChI is InChI=1S/C21H34O2/c1-14(2)19-8-9-20-16(5-4-10-21(19,20)3)7-6-15-11-17(22)13-18(23)12-15/h6-7,14,17-20,22-23H,4-5,8-13H2,1-3H3/t17?,18?,19-,20+,21-/m1/s1. The van der Waals surface area contributed by atoms with Gasteiger partial charge in [-0.05, 0) is 74.5 Å². The van der Waals surface area contributed by atoms with Crippen LogP contribution in [0.2, 0.25) is 0 Å². The summed E-state index contributed by atoms with van der Waals surface area (Å²) in [6.45, 7) is 7.32. The summed E-state index contributed by atoms with van der Waals surface area (Å²) in [4.78, 5) is 0. The molecule has 3 aliphatic rings. The molecule has 0 bridgehead atoms. The molecule has 3 aliphatic carbocycles. The van der Waals surface area contributed by atoms with Crippen LogP contribution in [0.1, 0.15) is 72.1 Å². The maximum absolute atomic E-state index is 9.85. The van der Waals surface area contributed by atoms with Crippen LogP contribution >= 0.6 is 0 Å². The predicted molar refractivity (Wildman–Crippen MR) is 95.0 cm³/mol. The summed E-state index contributed by atoms with van der Waals surface area (Å²) < 4.78 is 0. The monoisotopic (exact) mass is 318 g/mol. The van der Waals surface area contributed by atoms with Crippen LogP contribution in [0.5, 0.6) is 0 Å². The Labute approximate surface area is 141 Å². The summed E-state index contributed by atoms with van der Waals surface area (Å²) >= 11 is 0. The maximum atomic E-state index is 9.85. The van der Waals surface area contributed by atoms with Crippen LogP contribution in [0.15, 0.2) is 23.3 Å². The van der Waals surface area contributed by atoms with Gasteiger partial charge in [-0.1, -0.05) is 44.1 Å². The third-order valence-corrected chi connectivity index (χ3v) is 6.92. The van der Waals surface area contributed by atoms with Gasteiger partial charge in [0.25, 0.3) is 0 Å². The number of hydrogen-bond acceptors (Lipinski definition) is 2. The zero-order valence-electron chi connectivity index (χ0n) is 15.1. The molecule has 3 rings (SSSR count). The van der Waals surface area contributed by atoms with E-state index in [0.717, 1.165) is 30.6 Å². The Balaban J connectivity index is 1.78. The van der Waals surface area contributed by atoms with Crippen molar-refractivity contribution in [3.8, 4) is 0 Å². The van der Waals surface area contributed by atoms with Crippen LogP contribution in [-0.4, -0.2) is 22.4 Å². The fourth-order valence-electron chi connectivity index (χ4n) is 5.90. The smallest absolute Gasteiger partial charge is 0.0602 e. The van der Waals surface area contributed by atoms with Crippen molar-refractivity contribution in [1.29, 1.82) is 0 Å². The molecular formula is C21H34O2. The number of hydrogen-bond donors (Lipinski definition) is 2. The second kappa shape index (κ2) is 6.72. The van der Waals surface area contributed by atoms with Crippen molar-refractivity contribution in [2.75, 3.05) is 0 Å². The van der Waals surface area contributed by atoms with E-state index in [-0.39, 0.29) is 12.2 Å². The van der Waals surface area contributed by atoms with E-state index in [4.69, 9.17) is 0 Å². The highest BCUT2D eigenvalue weighted by molar-refractivity contribution is 5.26. The van der Waals surface area contributed by atoms with Gasteiger partial charge in [-0.2, -0.15) is 0 Å². The normalized spacial score (nSPS) is 43.0. The Kier molecular flexibility index (Phi) is 5.04. The lowest BCUT2D eigenvalue weighted by Gasteiger charge is -2.43. The molecule has 3 fully saturated rings. The number of allylic oxidation sites excluding steroid dienone is 3. The number of rotatable bonds is 2. The van der Waals surface area contributed by atoms with Crippen molar-refractivity contribution >= 4 is 0 Å². The molecule has 5 atom stereocenters. The summed E-state index contributed by atoms with van der Waals surface area (Å²) in [6.07, 6.45) is 12.5. The highest BCUT2D eigenvalue weighted by atomic mass is 16.3. The van der Waals surface area contributed by atoms with Gasteiger partial charge in [-0.25, -0.2) is 0 Å². The van der Waals surface area contributed by atoms with Crippen molar-refractivity contribution in [2.45, 2.75) is 84.3 Å². The average Bonchev–Trinajstić information content (AvgIpc) is 2.81. The second-order valence-electron chi connectivity index (χ2n) is 8.86. The van der Waals surface area contributed by atoms with E-state index in [0.29, 0.717) is 11.8 Å². The van der Waals surface area contributed by atoms with E-state index < -0.39 is 0 Å². The molecule has 2 N–H and O–H groups in total. The summed E-state index contributed by atoms with van der Waals surface area (Å²) in [5, 5.41) is 19.7. The Bertz CT molecular complexity index is 478. The molecule has 2 heteroatoms. The molecule has 23 heavy (non-hydrogen) atoms. The highest BCUT2D eigenvalue weighted by Gasteiger charge is 2.49. The number of aliphatic hydroxyl groups excluding tert-OH is 2. The van der Waals surface area contributed by atoms with Gasteiger partial charge in [0.05, 0.1) is 12.2 Å². The summed E-state index contributed by atoms with van der Waals surface area (Å²) in [7, 11) is 0. The van der Waals surface area contributed by atoms with Crippen molar-refractivity contribution in [3.05, 3.63) is 23.3 Å². The van der Waals surface area contributed by atoms with Crippen LogP contribution in [0, 0.1) is 23.2 Å². The van der Waals surface area contributed by atoms with Crippen LogP contribution in [0.3, 0.4) is 0 Å². The molecule has 0 amide bonds. The van der Waals surface area contributed by atoms with E-state index in [1.807, 2.05) is 0 Å². The van der Waals surface area contributed by atoms with Crippen LogP contribution in [0.4, 0.5) is 0 Å². The molecule has 0 radical (unpaired) electrons. The van der Waals surface area contributed by atoms with Crippen molar-refractivity contribution in [3.63, 3.8) is 0 Å². The first kappa shape index (κ1) is 17.2. The fourth-order valence-corrected chi connectivity index (χ4v) is 5.90. The topological polar surface area (TPSA) is 40.5 Å². The minimum Gasteiger partial charge on any atom is -0.393 e. The molecule has 0 saturated heterocycles. The van der Waals surface area contributed by atoms with E-state index >= 15 is 0 Å². The third kappa shape index (κ3) is 3.44. The van der Waals surface area contributed by atoms with Gasteiger partial charge < -0.3 is 10.2 Å². The lowest BCUT2D eigenvalue weighted by molar-refractivity contribution is 0.0609. The number of fused-ring (bicyclic) bond motifs is 1. The van der Waals surface area contributed by atoms with Gasteiger partial charge in [0, 0.05) is 0 Å². The van der Waals surface area contributed by atoms with Crippen LogP contribution in [0.25, 0.3) is 0 Å². The fraction of sp³-hybridized carbons (Fsp3) is 0.810. The van der Waals surface area contributed by atoms with E-state index in [1.165, 1.54) is 37.7 Å². The molecule has 0 aromatic heterocycles. The Morgan fingerprint density at radius 3 is 2.43 bits per heavy atom. The highest BCUT2D eigenvalue weighted by Crippen LogP contribution is 2.59. The molecule has 3 saturated carbocycles. The Morgan fingerprint density at radius 1 is 1.09 bits per heavy atom. The van der Waals surface area contributed by atoms with Crippen molar-refractivity contribution in [1.82, 2.24) is 0 Å². The minimum atomic E-state index is -0.364. The maximum Gasteiger partial charge on any atom is 0.0602 e. The third-order valence-electron chi connectivity index (χ3n) is 6.92. The van der Waals surface area contributed by atoms with Gasteiger partial charge in [0.2, 0.25) is 0 Å². The molecule has 0 aromatic rings. The Morgan fingerprint density at radius 2 is 1.78 bits per heavy atom. The molecule has 0 heterocycles. The van der Waals surface area contributed by atoms with Crippen molar-refractivity contribution in [2.24, 2.45) is 23.2 Å². The van der Waals surface area contributed by atoms with Crippen LogP contribution in [-0.2, 0) is 0 Å². The first-order valence-corrected chi connectivity index (χ1v) is 9.64. The molecular weight excluding hydrogens is 284 g/mol. The largest absolute Gasteiger partial charge is 0.393 e. The van der Waals surface area contributed by atoms with Gasteiger partial charge in [0.1, 0.15) is 0 Å². The summed E-state index contributed by atoms with van der Waals surface area (Å²) in [5.41, 5.74) is 3.33. The first-order valence-electron chi connectivity index (χ1n) is 9.64. The van der Waals surface area contributed by atoms with Gasteiger partial charge >= 0.3 is 0 Å². The van der Waals surface area contributed by atoms with E-state index in [1.54, 1.807) is 5.57 Å². The minimum absolute atomic E-state index is 0.364. The lowest BCUT2D eigenvalue weighted by atomic mass is 9.61. The zero-order chi connectivity index (χ0) is 16.6. The quantitative estimate of drug-likeness (QED) is 0.780. The lowest BCUT2D eigenvalue weighted by Crippen LogP contribution is -2.35. The summed E-state index contributed by atoms with van der Waals surface area (Å²) in [5.74, 6) is 2.40. The molecule has 0 aliphatic heterocycles. The van der Waals surface area contributed by atoms with Crippen LogP contribution < -0.4 is 0 Å². The zero-order valence-corrected chi connectivity index (χ0v) is 15.1. The molecule has 130 valence electrons. The van der Waals surface area contributed by atoms with Gasteiger partial charge in [-0.3, -0.25) is 0 Å².